The number of nitrogens with zero attached hydrogens (tertiary/aromatic N) is 4. The molecule has 1 aliphatic carbocycles. The first-order chi connectivity index (χ1) is 11.1. The predicted octanol–water partition coefficient (Wildman–Crippen LogP) is 4.73. The van der Waals surface area contributed by atoms with Gasteiger partial charge in [0.15, 0.2) is 10.8 Å². The molecule has 0 aliphatic heterocycles. The summed E-state index contributed by atoms with van der Waals surface area (Å²) in [5.41, 5.74) is 4.64. The fraction of sp³-hybridized carbons (Fsp3) is 0.118. The summed E-state index contributed by atoms with van der Waals surface area (Å²) < 4.78 is 1.74. The van der Waals surface area contributed by atoms with Gasteiger partial charge in [0, 0.05) is 22.7 Å². The van der Waals surface area contributed by atoms with Gasteiger partial charge in [-0.3, -0.25) is 0 Å². The Labute approximate surface area is 142 Å². The van der Waals surface area contributed by atoms with Gasteiger partial charge < -0.3 is 0 Å². The van der Waals surface area contributed by atoms with Crippen LogP contribution >= 0.6 is 23.2 Å². The lowest BCUT2D eigenvalue weighted by molar-refractivity contribution is 0.807. The summed E-state index contributed by atoms with van der Waals surface area (Å²) in [7, 11) is 0. The summed E-state index contributed by atoms with van der Waals surface area (Å²) in [5.74, 6) is 0.0772. The third-order valence-corrected chi connectivity index (χ3v) is 4.51. The Morgan fingerprint density at radius 2 is 2.13 bits per heavy atom. The molecule has 0 fully saturated rings. The number of allylic oxidation sites excluding steroid dienone is 2. The van der Waals surface area contributed by atoms with E-state index in [0.29, 0.717) is 21.4 Å². The molecule has 4 rings (SSSR count). The zero-order valence-electron chi connectivity index (χ0n) is 12.1. The highest BCUT2D eigenvalue weighted by Crippen LogP contribution is 2.39. The van der Waals surface area contributed by atoms with Crippen molar-refractivity contribution < 1.29 is 0 Å². The molecule has 112 valence electrons. The second-order valence-corrected chi connectivity index (χ2v) is 6.24. The third kappa shape index (κ3) is 2.05. The Bertz CT molecular complexity index is 1030. The van der Waals surface area contributed by atoms with E-state index in [-0.39, 0.29) is 5.92 Å². The van der Waals surface area contributed by atoms with Gasteiger partial charge in [-0.05, 0) is 17.7 Å². The summed E-state index contributed by atoms with van der Waals surface area (Å²) in [6.07, 6.45) is 3.63. The number of hydrogen-bond acceptors (Lipinski definition) is 3. The van der Waals surface area contributed by atoms with Crippen LogP contribution in [0.25, 0.3) is 22.3 Å². The zero-order chi connectivity index (χ0) is 16.1. The third-order valence-electron chi connectivity index (χ3n) is 4.01. The van der Waals surface area contributed by atoms with E-state index in [2.05, 4.69) is 16.2 Å². The van der Waals surface area contributed by atoms with Gasteiger partial charge in [-0.1, -0.05) is 48.3 Å². The van der Waals surface area contributed by atoms with Crippen molar-refractivity contribution in [3.63, 3.8) is 0 Å². The molecular formula is C17H10Cl2N4. The van der Waals surface area contributed by atoms with Crippen molar-refractivity contribution >= 4 is 34.4 Å². The van der Waals surface area contributed by atoms with Crippen LogP contribution in [0.2, 0.25) is 10.2 Å². The maximum absolute atomic E-state index is 9.25. The number of nitriles is 1. The molecule has 4 nitrogen and oxygen atoms in total. The SMILES string of the molecule is CC1C=C(C#N)c2cnc3c(-c4cccc(Cl)c4)c(Cl)nn3c21. The molecule has 6 heteroatoms. The molecule has 3 aromatic rings. The summed E-state index contributed by atoms with van der Waals surface area (Å²) >= 11 is 12.5. The average molecular weight is 341 g/mol. The molecule has 1 unspecified atom stereocenters. The van der Waals surface area contributed by atoms with Crippen LogP contribution in [0.5, 0.6) is 0 Å². The number of hydrogen-bond donors (Lipinski definition) is 0. The van der Waals surface area contributed by atoms with Crippen LogP contribution in [0, 0.1) is 11.3 Å². The molecule has 0 bridgehead atoms. The quantitative estimate of drug-likeness (QED) is 0.643. The van der Waals surface area contributed by atoms with Crippen molar-refractivity contribution in [2.75, 3.05) is 0 Å². The van der Waals surface area contributed by atoms with E-state index >= 15 is 0 Å². The molecule has 0 saturated heterocycles. The molecule has 0 N–H and O–H groups in total. The first-order valence-electron chi connectivity index (χ1n) is 7.05. The van der Waals surface area contributed by atoms with Crippen LogP contribution in [0.15, 0.2) is 36.5 Å². The molecule has 0 amide bonds. The number of aromatic nitrogens is 3. The lowest BCUT2D eigenvalue weighted by Crippen LogP contribution is -2.03. The van der Waals surface area contributed by atoms with Crippen LogP contribution in [-0.4, -0.2) is 14.6 Å². The number of fused-ring (bicyclic) bond motifs is 3. The van der Waals surface area contributed by atoms with E-state index in [1.54, 1.807) is 16.8 Å². The van der Waals surface area contributed by atoms with Crippen molar-refractivity contribution in [2.24, 2.45) is 0 Å². The summed E-state index contributed by atoms with van der Waals surface area (Å²) in [6, 6.07) is 9.63. The zero-order valence-corrected chi connectivity index (χ0v) is 13.6. The molecule has 2 aromatic heterocycles. The van der Waals surface area contributed by atoms with Gasteiger partial charge in [0.25, 0.3) is 0 Å². The van der Waals surface area contributed by atoms with Crippen LogP contribution in [0.3, 0.4) is 0 Å². The van der Waals surface area contributed by atoms with Crippen molar-refractivity contribution in [1.82, 2.24) is 14.6 Å². The highest BCUT2D eigenvalue weighted by atomic mass is 35.5. The Balaban J connectivity index is 2.03. The van der Waals surface area contributed by atoms with Gasteiger partial charge in [-0.2, -0.15) is 10.4 Å². The number of benzene rings is 1. The fourth-order valence-electron chi connectivity index (χ4n) is 3.03. The monoisotopic (exact) mass is 340 g/mol. The van der Waals surface area contributed by atoms with Crippen LogP contribution in [-0.2, 0) is 0 Å². The van der Waals surface area contributed by atoms with E-state index in [1.165, 1.54) is 0 Å². The smallest absolute Gasteiger partial charge is 0.164 e. The predicted molar refractivity (Wildman–Crippen MR) is 90.4 cm³/mol. The first kappa shape index (κ1) is 14.3. The van der Waals surface area contributed by atoms with E-state index in [4.69, 9.17) is 23.2 Å². The second-order valence-electron chi connectivity index (χ2n) is 5.45. The summed E-state index contributed by atoms with van der Waals surface area (Å²) in [5, 5.41) is 14.7. The van der Waals surface area contributed by atoms with E-state index < -0.39 is 0 Å². The van der Waals surface area contributed by atoms with Crippen LogP contribution < -0.4 is 0 Å². The van der Waals surface area contributed by atoms with Crippen LogP contribution in [0.1, 0.15) is 24.1 Å². The largest absolute Gasteiger partial charge is 0.236 e. The average Bonchev–Trinajstić information content (AvgIpc) is 3.03. The Morgan fingerprint density at radius 1 is 1.30 bits per heavy atom. The van der Waals surface area contributed by atoms with Crippen LogP contribution in [0.4, 0.5) is 0 Å². The molecule has 23 heavy (non-hydrogen) atoms. The van der Waals surface area contributed by atoms with Crippen molar-refractivity contribution in [3.05, 3.63) is 58.0 Å². The lowest BCUT2D eigenvalue weighted by atomic mass is 10.1. The Kier molecular flexibility index (Phi) is 3.15. The first-order valence-corrected chi connectivity index (χ1v) is 7.81. The van der Waals surface area contributed by atoms with E-state index in [0.717, 1.165) is 22.4 Å². The molecule has 1 aromatic carbocycles. The molecule has 1 atom stereocenters. The van der Waals surface area contributed by atoms with Crippen molar-refractivity contribution in [2.45, 2.75) is 12.8 Å². The van der Waals surface area contributed by atoms with Gasteiger partial charge in [0.05, 0.1) is 22.9 Å². The lowest BCUT2D eigenvalue weighted by Gasteiger charge is -2.07. The van der Waals surface area contributed by atoms with E-state index in [9.17, 15) is 5.26 Å². The maximum Gasteiger partial charge on any atom is 0.164 e. The second kappa shape index (κ2) is 5.09. The minimum atomic E-state index is 0.0772. The maximum atomic E-state index is 9.25. The number of halogens is 2. The van der Waals surface area contributed by atoms with Gasteiger partial charge in [-0.15, -0.1) is 0 Å². The van der Waals surface area contributed by atoms with Gasteiger partial charge in [-0.25, -0.2) is 9.50 Å². The van der Waals surface area contributed by atoms with Gasteiger partial charge in [0.2, 0.25) is 0 Å². The highest BCUT2D eigenvalue weighted by Gasteiger charge is 2.27. The fourth-order valence-corrected chi connectivity index (χ4v) is 3.49. The minimum Gasteiger partial charge on any atom is -0.236 e. The molecule has 1 aliphatic rings. The van der Waals surface area contributed by atoms with Crippen molar-refractivity contribution in [1.29, 1.82) is 5.26 Å². The molecule has 0 spiro atoms. The van der Waals surface area contributed by atoms with Crippen molar-refractivity contribution in [3.8, 4) is 17.2 Å². The van der Waals surface area contributed by atoms with E-state index in [1.807, 2.05) is 31.2 Å². The summed E-state index contributed by atoms with van der Waals surface area (Å²) in [4.78, 5) is 4.49. The van der Waals surface area contributed by atoms with Gasteiger partial charge in [0.1, 0.15) is 0 Å². The molecule has 0 radical (unpaired) electrons. The molecule has 2 heterocycles. The minimum absolute atomic E-state index is 0.0772. The Hall–Kier alpha value is -2.35. The Morgan fingerprint density at radius 3 is 2.87 bits per heavy atom. The number of rotatable bonds is 1. The van der Waals surface area contributed by atoms with Gasteiger partial charge >= 0.3 is 0 Å². The molecule has 0 saturated carbocycles. The standard InChI is InChI=1S/C17H10Cl2N4/c1-9-5-11(7-20)13-8-21-17-14(10-3-2-4-12(18)6-10)16(19)22-23(17)15(9)13/h2-6,8-9H,1H3. The highest BCUT2D eigenvalue weighted by molar-refractivity contribution is 6.33. The topological polar surface area (TPSA) is 54.0 Å². The normalized spacial score (nSPS) is 16.3. The molecular weight excluding hydrogens is 331 g/mol. The summed E-state index contributed by atoms with van der Waals surface area (Å²) in [6.45, 7) is 2.03.